The Balaban J connectivity index is 2.31. The Bertz CT molecular complexity index is 402. The quantitative estimate of drug-likeness (QED) is 0.426. The van der Waals surface area contributed by atoms with Crippen LogP contribution in [0.1, 0.15) is 13.8 Å². The second kappa shape index (κ2) is 4.23. The van der Waals surface area contributed by atoms with Crippen LogP contribution in [0.3, 0.4) is 0 Å². The zero-order valence-electron chi connectivity index (χ0n) is 9.12. The summed E-state index contributed by atoms with van der Waals surface area (Å²) in [5.41, 5.74) is 0.512. The molecule has 84 valence electrons. The minimum Gasteiger partial charge on any atom is -0.402 e. The lowest BCUT2D eigenvalue weighted by molar-refractivity contribution is -0.383. The fourth-order valence-electron chi connectivity index (χ4n) is 1.64. The Morgan fingerprint density at radius 3 is 2.38 bits per heavy atom. The Morgan fingerprint density at radius 2 is 1.81 bits per heavy atom. The summed E-state index contributed by atoms with van der Waals surface area (Å²) < 4.78 is 11.0. The predicted molar refractivity (Wildman–Crippen MR) is 59.6 cm³/mol. The first-order valence-corrected chi connectivity index (χ1v) is 5.14. The number of nitro benzene ring substituents is 1. The van der Waals surface area contributed by atoms with Gasteiger partial charge in [-0.1, -0.05) is 18.2 Å². The van der Waals surface area contributed by atoms with Crippen LogP contribution < -0.4 is 5.46 Å². The number of hydrogen-bond acceptors (Lipinski definition) is 4. The molecule has 16 heavy (non-hydrogen) atoms. The van der Waals surface area contributed by atoms with Gasteiger partial charge < -0.3 is 9.31 Å². The first kappa shape index (κ1) is 11.1. The van der Waals surface area contributed by atoms with Crippen LogP contribution in [0, 0.1) is 10.1 Å². The molecule has 0 aromatic heterocycles. The summed E-state index contributed by atoms with van der Waals surface area (Å²) in [6, 6.07) is 6.48. The Labute approximate surface area is 93.7 Å². The molecule has 0 aliphatic carbocycles. The molecule has 1 aromatic carbocycles. The van der Waals surface area contributed by atoms with Gasteiger partial charge in [-0.3, -0.25) is 10.1 Å². The van der Waals surface area contributed by atoms with E-state index in [9.17, 15) is 10.1 Å². The van der Waals surface area contributed by atoms with Crippen molar-refractivity contribution in [1.82, 2.24) is 0 Å². The van der Waals surface area contributed by atoms with Crippen molar-refractivity contribution in [3.63, 3.8) is 0 Å². The van der Waals surface area contributed by atoms with E-state index in [-0.39, 0.29) is 17.9 Å². The van der Waals surface area contributed by atoms with Gasteiger partial charge in [0.2, 0.25) is 0 Å². The molecule has 1 saturated heterocycles. The van der Waals surface area contributed by atoms with Crippen molar-refractivity contribution in [3.05, 3.63) is 34.4 Å². The van der Waals surface area contributed by atoms with Crippen molar-refractivity contribution in [3.8, 4) is 0 Å². The third-order valence-corrected chi connectivity index (χ3v) is 2.72. The molecule has 1 aliphatic rings. The zero-order valence-corrected chi connectivity index (χ0v) is 9.12. The van der Waals surface area contributed by atoms with E-state index in [1.807, 2.05) is 13.8 Å². The highest BCUT2D eigenvalue weighted by molar-refractivity contribution is 6.63. The van der Waals surface area contributed by atoms with Gasteiger partial charge in [-0.2, -0.15) is 0 Å². The molecule has 0 saturated carbocycles. The van der Waals surface area contributed by atoms with E-state index in [1.165, 1.54) is 6.07 Å². The third-order valence-electron chi connectivity index (χ3n) is 2.72. The van der Waals surface area contributed by atoms with E-state index in [1.54, 1.807) is 18.2 Å². The molecule has 1 heterocycles. The number of rotatable bonds is 2. The second-order valence-electron chi connectivity index (χ2n) is 3.83. The average Bonchev–Trinajstić information content (AvgIpc) is 2.59. The molecule has 5 nitrogen and oxygen atoms in total. The van der Waals surface area contributed by atoms with Gasteiger partial charge in [0, 0.05) is 6.07 Å². The Kier molecular flexibility index (Phi) is 2.94. The summed E-state index contributed by atoms with van der Waals surface area (Å²) in [6.07, 6.45) is -0.102. The lowest BCUT2D eigenvalue weighted by Crippen LogP contribution is -2.34. The number of nitrogens with zero attached hydrogens (tertiary/aromatic N) is 1. The summed E-state index contributed by atoms with van der Waals surface area (Å²) in [5, 5.41) is 10.8. The second-order valence-corrected chi connectivity index (χ2v) is 3.83. The van der Waals surface area contributed by atoms with Gasteiger partial charge in [-0.05, 0) is 13.8 Å². The predicted octanol–water partition coefficient (Wildman–Crippen LogP) is 1.11. The van der Waals surface area contributed by atoms with Crippen LogP contribution in [-0.4, -0.2) is 24.2 Å². The average molecular weight is 221 g/mol. The van der Waals surface area contributed by atoms with Gasteiger partial charge in [0.1, 0.15) is 0 Å². The SMILES string of the molecule is CC1OB(c2ccccc2[N+](=O)[O-])OC1C. The third kappa shape index (κ3) is 1.94. The summed E-state index contributed by atoms with van der Waals surface area (Å²) >= 11 is 0. The molecule has 2 unspecified atom stereocenters. The van der Waals surface area contributed by atoms with Crippen molar-refractivity contribution in [1.29, 1.82) is 0 Å². The van der Waals surface area contributed by atoms with Crippen LogP contribution >= 0.6 is 0 Å². The van der Waals surface area contributed by atoms with Crippen LogP contribution in [-0.2, 0) is 9.31 Å². The highest BCUT2D eigenvalue weighted by Crippen LogP contribution is 2.18. The molecular formula is C10H12BNO4. The van der Waals surface area contributed by atoms with E-state index < -0.39 is 12.0 Å². The highest BCUT2D eigenvalue weighted by Gasteiger charge is 2.39. The van der Waals surface area contributed by atoms with Gasteiger partial charge in [0.25, 0.3) is 5.69 Å². The maximum absolute atomic E-state index is 10.8. The molecule has 0 radical (unpaired) electrons. The minimum absolute atomic E-state index is 0.0359. The van der Waals surface area contributed by atoms with Crippen LogP contribution in [0.5, 0.6) is 0 Å². The highest BCUT2D eigenvalue weighted by atomic mass is 16.7. The molecule has 2 atom stereocenters. The Morgan fingerprint density at radius 1 is 1.25 bits per heavy atom. The van der Waals surface area contributed by atoms with Crippen molar-refractivity contribution in [2.45, 2.75) is 26.1 Å². The molecule has 0 N–H and O–H groups in total. The van der Waals surface area contributed by atoms with E-state index >= 15 is 0 Å². The lowest BCUT2D eigenvalue weighted by atomic mass is 9.78. The van der Waals surface area contributed by atoms with E-state index in [4.69, 9.17) is 9.31 Å². The molecule has 6 heteroatoms. The topological polar surface area (TPSA) is 61.6 Å². The monoisotopic (exact) mass is 221 g/mol. The smallest absolute Gasteiger partial charge is 0.402 e. The van der Waals surface area contributed by atoms with Gasteiger partial charge in [-0.15, -0.1) is 0 Å². The molecule has 0 amide bonds. The first-order chi connectivity index (χ1) is 7.59. The van der Waals surface area contributed by atoms with Gasteiger partial charge in [-0.25, -0.2) is 0 Å². The van der Waals surface area contributed by atoms with Crippen LogP contribution in [0.25, 0.3) is 0 Å². The largest absolute Gasteiger partial charge is 0.501 e. The number of para-hydroxylation sites is 1. The van der Waals surface area contributed by atoms with Crippen molar-refractivity contribution < 1.29 is 14.2 Å². The minimum atomic E-state index is -0.633. The normalized spacial score (nSPS) is 24.8. The van der Waals surface area contributed by atoms with Crippen LogP contribution in [0.15, 0.2) is 24.3 Å². The lowest BCUT2D eigenvalue weighted by Gasteiger charge is -2.05. The fourth-order valence-corrected chi connectivity index (χ4v) is 1.64. The first-order valence-electron chi connectivity index (χ1n) is 5.14. The Hall–Kier alpha value is -1.40. The number of benzene rings is 1. The van der Waals surface area contributed by atoms with Gasteiger partial charge >= 0.3 is 7.12 Å². The molecule has 1 aromatic rings. The molecule has 1 aliphatic heterocycles. The number of nitro groups is 1. The van der Waals surface area contributed by atoms with Crippen molar-refractivity contribution in [2.75, 3.05) is 0 Å². The number of hydrogen-bond donors (Lipinski definition) is 0. The molecule has 1 fully saturated rings. The van der Waals surface area contributed by atoms with Crippen molar-refractivity contribution >= 4 is 18.3 Å². The van der Waals surface area contributed by atoms with Crippen molar-refractivity contribution in [2.24, 2.45) is 0 Å². The molecule has 0 spiro atoms. The summed E-state index contributed by atoms with van der Waals surface area (Å²) in [4.78, 5) is 10.4. The maximum atomic E-state index is 10.8. The van der Waals surface area contributed by atoms with Gasteiger partial charge in [0.05, 0.1) is 22.6 Å². The summed E-state index contributed by atoms with van der Waals surface area (Å²) in [7, 11) is -0.633. The van der Waals surface area contributed by atoms with E-state index in [0.29, 0.717) is 5.46 Å². The van der Waals surface area contributed by atoms with Crippen LogP contribution in [0.4, 0.5) is 5.69 Å². The van der Waals surface area contributed by atoms with E-state index in [0.717, 1.165) is 0 Å². The molecule has 2 rings (SSSR count). The molecular weight excluding hydrogens is 209 g/mol. The fraction of sp³-hybridized carbons (Fsp3) is 0.400. The summed E-state index contributed by atoms with van der Waals surface area (Å²) in [6.45, 7) is 3.78. The zero-order chi connectivity index (χ0) is 11.7. The van der Waals surface area contributed by atoms with Gasteiger partial charge in [0.15, 0.2) is 0 Å². The van der Waals surface area contributed by atoms with E-state index in [2.05, 4.69) is 0 Å². The summed E-state index contributed by atoms with van der Waals surface area (Å²) in [5.74, 6) is 0. The van der Waals surface area contributed by atoms with Crippen LogP contribution in [0.2, 0.25) is 0 Å². The maximum Gasteiger partial charge on any atom is 0.501 e. The molecule has 0 bridgehead atoms. The standard InChI is InChI=1S/C10H12BNO4/c1-7-8(2)16-11(15-7)9-5-3-4-6-10(9)12(13)14/h3-8H,1-2H3.